The van der Waals surface area contributed by atoms with Crippen molar-refractivity contribution in [2.75, 3.05) is 19.0 Å². The van der Waals surface area contributed by atoms with Crippen LogP contribution in [0.25, 0.3) is 0 Å². The van der Waals surface area contributed by atoms with Gasteiger partial charge >= 0.3 is 5.69 Å². The second-order valence-corrected chi connectivity index (χ2v) is 4.08. The van der Waals surface area contributed by atoms with E-state index in [1.807, 2.05) is 6.92 Å². The van der Waals surface area contributed by atoms with Gasteiger partial charge in [0.25, 0.3) is 0 Å². The quantitative estimate of drug-likeness (QED) is 0.486. The lowest BCUT2D eigenvalue weighted by molar-refractivity contribution is -0.385. The van der Waals surface area contributed by atoms with Crippen molar-refractivity contribution in [1.29, 1.82) is 0 Å². The molecule has 0 aliphatic rings. The molecule has 7 nitrogen and oxygen atoms in total. The molecule has 0 bridgehead atoms. The Morgan fingerprint density at radius 3 is 2.72 bits per heavy atom. The van der Waals surface area contributed by atoms with Crippen molar-refractivity contribution in [3.63, 3.8) is 0 Å². The second kappa shape index (κ2) is 6.46. The molecule has 0 saturated heterocycles. The van der Waals surface area contributed by atoms with E-state index >= 15 is 0 Å². The SMILES string of the molecule is CCC(COC)Nc1nc(Cl)nc(C)c1[N+](=O)[O-]. The number of aromatic nitrogens is 2. The molecule has 1 atom stereocenters. The molecule has 0 amide bonds. The minimum atomic E-state index is -0.520. The maximum absolute atomic E-state index is 11.0. The zero-order valence-corrected chi connectivity index (χ0v) is 11.2. The van der Waals surface area contributed by atoms with Gasteiger partial charge in [0.15, 0.2) is 0 Å². The summed E-state index contributed by atoms with van der Waals surface area (Å²) in [6, 6.07) is -0.0703. The lowest BCUT2D eigenvalue weighted by Crippen LogP contribution is -2.25. The molecule has 0 radical (unpaired) electrons. The number of anilines is 1. The van der Waals surface area contributed by atoms with E-state index in [2.05, 4.69) is 15.3 Å². The van der Waals surface area contributed by atoms with Crippen LogP contribution in [-0.2, 0) is 4.74 Å². The molecule has 18 heavy (non-hydrogen) atoms. The number of halogens is 1. The van der Waals surface area contributed by atoms with Crippen molar-refractivity contribution in [2.24, 2.45) is 0 Å². The molecule has 100 valence electrons. The molecule has 0 aliphatic carbocycles. The fraction of sp³-hybridized carbons (Fsp3) is 0.600. The fourth-order valence-corrected chi connectivity index (χ4v) is 1.72. The summed E-state index contributed by atoms with van der Waals surface area (Å²) in [5.74, 6) is 0.126. The average Bonchev–Trinajstić information content (AvgIpc) is 2.26. The average molecular weight is 275 g/mol. The normalized spacial score (nSPS) is 12.2. The Morgan fingerprint density at radius 1 is 1.56 bits per heavy atom. The lowest BCUT2D eigenvalue weighted by atomic mass is 10.2. The maximum Gasteiger partial charge on any atom is 0.332 e. The van der Waals surface area contributed by atoms with E-state index in [4.69, 9.17) is 16.3 Å². The summed E-state index contributed by atoms with van der Waals surface area (Å²) in [5.41, 5.74) is 0.0729. The van der Waals surface area contributed by atoms with Crippen LogP contribution in [0.3, 0.4) is 0 Å². The number of nitro groups is 1. The number of aryl methyl sites for hydroxylation is 1. The molecule has 0 aliphatic heterocycles. The van der Waals surface area contributed by atoms with Crippen LogP contribution in [-0.4, -0.2) is 34.6 Å². The molecule has 0 saturated carbocycles. The van der Waals surface area contributed by atoms with E-state index in [0.29, 0.717) is 6.61 Å². The molecule has 8 heteroatoms. The first kappa shape index (κ1) is 14.6. The molecule has 0 fully saturated rings. The van der Waals surface area contributed by atoms with Gasteiger partial charge in [-0.1, -0.05) is 6.92 Å². The van der Waals surface area contributed by atoms with Gasteiger partial charge < -0.3 is 10.1 Å². The molecule has 1 N–H and O–H groups in total. The van der Waals surface area contributed by atoms with E-state index in [1.165, 1.54) is 6.92 Å². The number of nitrogens with zero attached hydrogens (tertiary/aromatic N) is 3. The Labute approximate surface area is 110 Å². The Kier molecular flexibility index (Phi) is 5.24. The minimum Gasteiger partial charge on any atom is -0.383 e. The van der Waals surface area contributed by atoms with Crippen molar-refractivity contribution in [2.45, 2.75) is 26.3 Å². The van der Waals surface area contributed by atoms with Gasteiger partial charge in [-0.15, -0.1) is 0 Å². The molecule has 1 aromatic rings. The van der Waals surface area contributed by atoms with Gasteiger partial charge in [0.05, 0.1) is 17.6 Å². The summed E-state index contributed by atoms with van der Waals surface area (Å²) in [4.78, 5) is 18.1. The third-order valence-corrected chi connectivity index (χ3v) is 2.58. The van der Waals surface area contributed by atoms with Crippen LogP contribution in [0.5, 0.6) is 0 Å². The first-order chi connectivity index (χ1) is 8.49. The summed E-state index contributed by atoms with van der Waals surface area (Å²) in [5, 5.41) is 13.9. The van der Waals surface area contributed by atoms with Gasteiger partial charge in [-0.05, 0) is 24.9 Å². The van der Waals surface area contributed by atoms with Crippen molar-refractivity contribution >= 4 is 23.1 Å². The highest BCUT2D eigenvalue weighted by atomic mass is 35.5. The van der Waals surface area contributed by atoms with E-state index in [1.54, 1.807) is 7.11 Å². The van der Waals surface area contributed by atoms with E-state index < -0.39 is 4.92 Å². The topological polar surface area (TPSA) is 90.2 Å². The first-order valence-corrected chi connectivity index (χ1v) is 5.81. The van der Waals surface area contributed by atoms with E-state index in [-0.39, 0.29) is 28.5 Å². The molecular weight excluding hydrogens is 260 g/mol. The highest BCUT2D eigenvalue weighted by Crippen LogP contribution is 2.27. The summed E-state index contributed by atoms with van der Waals surface area (Å²) in [6.07, 6.45) is 0.742. The van der Waals surface area contributed by atoms with Gasteiger partial charge in [-0.25, -0.2) is 4.98 Å². The molecule has 0 aromatic carbocycles. The van der Waals surface area contributed by atoms with Crippen molar-refractivity contribution < 1.29 is 9.66 Å². The minimum absolute atomic E-state index is 0.0205. The predicted molar refractivity (Wildman–Crippen MR) is 68.0 cm³/mol. The monoisotopic (exact) mass is 274 g/mol. The van der Waals surface area contributed by atoms with Crippen LogP contribution in [0.2, 0.25) is 5.28 Å². The van der Waals surface area contributed by atoms with Gasteiger partial charge in [0.2, 0.25) is 11.1 Å². The van der Waals surface area contributed by atoms with E-state index in [9.17, 15) is 10.1 Å². The number of hydrogen-bond donors (Lipinski definition) is 1. The summed E-state index contributed by atoms with van der Waals surface area (Å²) in [7, 11) is 1.57. The first-order valence-electron chi connectivity index (χ1n) is 5.43. The number of rotatable bonds is 6. The second-order valence-electron chi connectivity index (χ2n) is 3.74. The van der Waals surface area contributed by atoms with Gasteiger partial charge in [-0.2, -0.15) is 4.98 Å². The van der Waals surface area contributed by atoms with Gasteiger partial charge in [0.1, 0.15) is 5.69 Å². The largest absolute Gasteiger partial charge is 0.383 e. The molecular formula is C10H15ClN4O3. The Balaban J connectivity index is 3.09. The van der Waals surface area contributed by atoms with Crippen LogP contribution in [0.4, 0.5) is 11.5 Å². The highest BCUT2D eigenvalue weighted by molar-refractivity contribution is 6.28. The highest BCUT2D eigenvalue weighted by Gasteiger charge is 2.23. The Morgan fingerprint density at radius 2 is 2.22 bits per heavy atom. The smallest absolute Gasteiger partial charge is 0.332 e. The van der Waals surface area contributed by atoms with Crippen LogP contribution in [0, 0.1) is 17.0 Å². The lowest BCUT2D eigenvalue weighted by Gasteiger charge is -2.16. The van der Waals surface area contributed by atoms with Crippen LogP contribution in [0.1, 0.15) is 19.0 Å². The number of nitrogens with one attached hydrogen (secondary N) is 1. The maximum atomic E-state index is 11.0. The van der Waals surface area contributed by atoms with E-state index in [0.717, 1.165) is 6.42 Å². The number of methoxy groups -OCH3 is 1. The van der Waals surface area contributed by atoms with Crippen LogP contribution in [0.15, 0.2) is 0 Å². The molecule has 1 heterocycles. The molecule has 1 aromatic heterocycles. The van der Waals surface area contributed by atoms with Crippen molar-refractivity contribution in [3.8, 4) is 0 Å². The van der Waals surface area contributed by atoms with Crippen LogP contribution < -0.4 is 5.32 Å². The third kappa shape index (κ3) is 3.51. The molecule has 1 unspecified atom stereocenters. The summed E-state index contributed by atoms with van der Waals surface area (Å²) in [6.45, 7) is 3.89. The Bertz CT molecular complexity index is 441. The number of hydrogen-bond acceptors (Lipinski definition) is 6. The predicted octanol–water partition coefficient (Wildman–Crippen LogP) is 2.18. The third-order valence-electron chi connectivity index (χ3n) is 2.42. The Hall–Kier alpha value is -1.47. The zero-order chi connectivity index (χ0) is 13.7. The van der Waals surface area contributed by atoms with Crippen molar-refractivity contribution in [3.05, 3.63) is 21.1 Å². The van der Waals surface area contributed by atoms with Gasteiger partial charge in [0, 0.05) is 7.11 Å². The van der Waals surface area contributed by atoms with Gasteiger partial charge in [-0.3, -0.25) is 10.1 Å². The standard InChI is InChI=1S/C10H15ClN4O3/c1-4-7(5-18-3)13-9-8(15(16)17)6(2)12-10(11)14-9/h7H,4-5H2,1-3H3,(H,12,13,14). The van der Waals surface area contributed by atoms with Crippen LogP contribution >= 0.6 is 11.6 Å². The fourth-order valence-electron chi connectivity index (χ4n) is 1.51. The van der Waals surface area contributed by atoms with Crippen molar-refractivity contribution in [1.82, 2.24) is 9.97 Å². The molecule has 0 spiro atoms. The summed E-state index contributed by atoms with van der Waals surface area (Å²) >= 11 is 5.71. The molecule has 1 rings (SSSR count). The number of ether oxygens (including phenoxy) is 1. The zero-order valence-electron chi connectivity index (χ0n) is 10.4. The summed E-state index contributed by atoms with van der Waals surface area (Å²) < 4.78 is 5.02.